The van der Waals surface area contributed by atoms with Gasteiger partial charge < -0.3 is 20.1 Å². The Morgan fingerprint density at radius 1 is 0.508 bits per heavy atom. The molecule has 61 heavy (non-hydrogen) atoms. The summed E-state index contributed by atoms with van der Waals surface area (Å²) in [7, 11) is -4.30. The predicted octanol–water partition coefficient (Wildman–Crippen LogP) is 15.0. The first-order valence-electron chi connectivity index (χ1n) is 24.2. The van der Waals surface area contributed by atoms with Gasteiger partial charge in [-0.15, -0.1) is 0 Å². The molecule has 0 radical (unpaired) electrons. The van der Waals surface area contributed by atoms with Crippen molar-refractivity contribution in [3.63, 3.8) is 0 Å². The fraction of sp³-hybridized carbons (Fsp3) is 0.673. The fourth-order valence-corrected chi connectivity index (χ4v) is 6.97. The molecule has 0 aromatic carbocycles. The van der Waals surface area contributed by atoms with E-state index in [1.165, 1.54) is 64.2 Å². The third kappa shape index (κ3) is 48.3. The minimum absolute atomic E-state index is 0.0904. The van der Waals surface area contributed by atoms with Crippen LogP contribution >= 0.6 is 7.82 Å². The number of nitrogens with two attached hydrogens (primary N) is 1. The summed E-state index contributed by atoms with van der Waals surface area (Å²) in [4.78, 5) is 22.6. The summed E-state index contributed by atoms with van der Waals surface area (Å²) in [6.07, 6.45) is 64.3. The van der Waals surface area contributed by atoms with Gasteiger partial charge in [0.15, 0.2) is 0 Å². The molecule has 0 aromatic rings. The lowest BCUT2D eigenvalue weighted by molar-refractivity contribution is -0.154. The van der Waals surface area contributed by atoms with Gasteiger partial charge in [0.25, 0.3) is 0 Å². The highest BCUT2D eigenvalue weighted by Crippen LogP contribution is 2.43. The van der Waals surface area contributed by atoms with E-state index in [0.29, 0.717) is 13.0 Å². The molecule has 0 saturated carbocycles. The zero-order chi connectivity index (χ0) is 44.4. The van der Waals surface area contributed by atoms with E-state index in [0.717, 1.165) is 103 Å². The van der Waals surface area contributed by atoms with Crippen molar-refractivity contribution in [3.05, 3.63) is 97.2 Å². The zero-order valence-electron chi connectivity index (χ0n) is 38.9. The molecule has 0 aromatic heterocycles. The molecule has 0 saturated heterocycles. The molecule has 3 N–H and O–H groups in total. The third-order valence-electron chi connectivity index (χ3n) is 9.74. The minimum atomic E-state index is -4.30. The summed E-state index contributed by atoms with van der Waals surface area (Å²) in [6.45, 7) is 4.73. The van der Waals surface area contributed by atoms with Crippen LogP contribution in [0.5, 0.6) is 0 Å². The summed E-state index contributed by atoms with van der Waals surface area (Å²) in [6, 6.07) is 0. The van der Waals surface area contributed by atoms with E-state index < -0.39 is 13.9 Å². The Bertz CT molecular complexity index is 1250. The molecule has 2 atom stereocenters. The van der Waals surface area contributed by atoms with Crippen molar-refractivity contribution in [2.75, 3.05) is 33.0 Å². The Hall–Kier alpha value is -2.58. The molecule has 0 bridgehead atoms. The Balaban J connectivity index is 4.06. The highest BCUT2D eigenvalue weighted by Gasteiger charge is 2.25. The van der Waals surface area contributed by atoms with Crippen LogP contribution in [0.4, 0.5) is 0 Å². The highest BCUT2D eigenvalue weighted by molar-refractivity contribution is 7.47. The molecule has 2 unspecified atom stereocenters. The quantitative estimate of drug-likeness (QED) is 0.0269. The van der Waals surface area contributed by atoms with Gasteiger partial charge in [-0.1, -0.05) is 182 Å². The van der Waals surface area contributed by atoms with Crippen molar-refractivity contribution in [3.8, 4) is 0 Å². The van der Waals surface area contributed by atoms with E-state index >= 15 is 0 Å². The summed E-state index contributed by atoms with van der Waals surface area (Å²) in [5, 5.41) is 0. The van der Waals surface area contributed by atoms with Crippen LogP contribution < -0.4 is 5.73 Å². The van der Waals surface area contributed by atoms with Crippen LogP contribution in [0.1, 0.15) is 187 Å². The molecule has 0 amide bonds. The number of allylic oxidation sites excluding steroid dienone is 16. The van der Waals surface area contributed by atoms with Crippen molar-refractivity contribution in [1.29, 1.82) is 0 Å². The number of carbonyl (C=O) groups excluding carboxylic acids is 1. The normalized spacial score (nSPS) is 14.2. The SMILES string of the molecule is CC/C=C\C/C=C\C/C=C\C/C=C\C/C=C\C/C=C\CCCCCCCCC(=O)OC(COCCCCCCCC/C=C\C/C=C\CCCCCC)COP(=O)(O)OCCN. The van der Waals surface area contributed by atoms with Crippen molar-refractivity contribution in [2.24, 2.45) is 5.73 Å². The highest BCUT2D eigenvalue weighted by atomic mass is 31.2. The Morgan fingerprint density at radius 2 is 0.918 bits per heavy atom. The van der Waals surface area contributed by atoms with Gasteiger partial charge in [0.1, 0.15) is 6.10 Å². The monoisotopic (exact) mass is 872 g/mol. The largest absolute Gasteiger partial charge is 0.472 e. The van der Waals surface area contributed by atoms with Crippen LogP contribution in [0, 0.1) is 0 Å². The molecule has 9 heteroatoms. The minimum Gasteiger partial charge on any atom is -0.457 e. The molecule has 0 aliphatic carbocycles. The number of unbranched alkanes of at least 4 members (excludes halogenated alkanes) is 16. The average Bonchev–Trinajstić information content (AvgIpc) is 3.25. The fourth-order valence-electron chi connectivity index (χ4n) is 6.21. The Morgan fingerprint density at radius 3 is 1.38 bits per heavy atom. The second kappa shape index (κ2) is 48.5. The maximum atomic E-state index is 12.6. The molecule has 0 fully saturated rings. The third-order valence-corrected chi connectivity index (χ3v) is 10.7. The van der Waals surface area contributed by atoms with Gasteiger partial charge >= 0.3 is 13.8 Å². The lowest BCUT2D eigenvalue weighted by Crippen LogP contribution is -2.28. The molecular weight excluding hydrogens is 782 g/mol. The van der Waals surface area contributed by atoms with Crippen molar-refractivity contribution in [2.45, 2.75) is 193 Å². The topological polar surface area (TPSA) is 117 Å². The van der Waals surface area contributed by atoms with E-state index in [9.17, 15) is 14.3 Å². The predicted molar refractivity (Wildman–Crippen MR) is 261 cm³/mol. The smallest absolute Gasteiger partial charge is 0.457 e. The standard InChI is InChI=1S/C52H90NO7P/c1-3-5-7-9-11-13-15-17-19-21-22-23-24-25-26-27-28-29-31-33-35-37-39-41-43-45-52(54)60-51(50-59-61(55,56)58-48-46-53)49-57-47-44-42-40-38-36-34-32-30-20-18-16-14-12-10-8-6-4-2/h5,7,11,13-14,16-17,19-20,22-23,25-26,28-30,51H,3-4,6,8-10,12,15,18,21,24,27,31-50,53H2,1-2H3,(H,55,56)/b7-5-,13-11-,16-14-,19-17-,23-22-,26-25-,29-28-,30-20-. The summed E-state index contributed by atoms with van der Waals surface area (Å²) < 4.78 is 33.5. The van der Waals surface area contributed by atoms with Gasteiger partial charge in [-0.25, -0.2) is 4.57 Å². The van der Waals surface area contributed by atoms with Crippen LogP contribution in [0.15, 0.2) is 97.2 Å². The average molecular weight is 872 g/mol. The van der Waals surface area contributed by atoms with Crippen molar-refractivity contribution < 1.29 is 32.8 Å². The second-order valence-electron chi connectivity index (χ2n) is 15.6. The van der Waals surface area contributed by atoms with Crippen molar-refractivity contribution in [1.82, 2.24) is 0 Å². The maximum absolute atomic E-state index is 12.6. The number of carbonyl (C=O) groups is 1. The molecule has 8 nitrogen and oxygen atoms in total. The van der Waals surface area contributed by atoms with E-state index in [4.69, 9.17) is 24.3 Å². The lowest BCUT2D eigenvalue weighted by Gasteiger charge is -2.20. The van der Waals surface area contributed by atoms with Gasteiger partial charge in [0.2, 0.25) is 0 Å². The van der Waals surface area contributed by atoms with E-state index in [2.05, 4.69) is 111 Å². The van der Waals surface area contributed by atoms with Crippen molar-refractivity contribution >= 4 is 13.8 Å². The number of hydrogen-bond donors (Lipinski definition) is 2. The summed E-state index contributed by atoms with van der Waals surface area (Å²) in [5.41, 5.74) is 5.38. The molecule has 350 valence electrons. The Kier molecular flexibility index (Phi) is 46.4. The summed E-state index contributed by atoms with van der Waals surface area (Å²) in [5.74, 6) is -0.352. The van der Waals surface area contributed by atoms with Crippen LogP contribution in [-0.2, 0) is 27.9 Å². The van der Waals surface area contributed by atoms with Crippen LogP contribution in [0.2, 0.25) is 0 Å². The number of phosphoric ester groups is 1. The van der Waals surface area contributed by atoms with Gasteiger partial charge in [0.05, 0.1) is 19.8 Å². The molecule has 0 rings (SSSR count). The number of esters is 1. The molecule has 0 spiro atoms. The number of rotatable bonds is 45. The first kappa shape index (κ1) is 58.4. The van der Waals surface area contributed by atoms with E-state index in [1.807, 2.05) is 0 Å². The first-order chi connectivity index (χ1) is 29.9. The second-order valence-corrected chi connectivity index (χ2v) is 17.0. The van der Waals surface area contributed by atoms with Gasteiger partial charge in [-0.2, -0.15) is 0 Å². The zero-order valence-corrected chi connectivity index (χ0v) is 39.8. The first-order valence-corrected chi connectivity index (χ1v) is 25.7. The maximum Gasteiger partial charge on any atom is 0.472 e. The van der Waals surface area contributed by atoms with Crippen LogP contribution in [0.25, 0.3) is 0 Å². The van der Waals surface area contributed by atoms with Gasteiger partial charge in [0, 0.05) is 19.6 Å². The molecule has 0 aliphatic rings. The van der Waals surface area contributed by atoms with Crippen LogP contribution in [-0.4, -0.2) is 49.9 Å². The van der Waals surface area contributed by atoms with E-state index in [-0.39, 0.29) is 32.3 Å². The van der Waals surface area contributed by atoms with Gasteiger partial charge in [-0.05, 0) is 96.3 Å². The molecule has 0 heterocycles. The van der Waals surface area contributed by atoms with Crippen LogP contribution in [0.3, 0.4) is 0 Å². The number of ether oxygens (including phenoxy) is 2. The van der Waals surface area contributed by atoms with E-state index in [1.54, 1.807) is 0 Å². The molecular formula is C52H90NO7P. The molecule has 0 aliphatic heterocycles. The van der Waals surface area contributed by atoms with Gasteiger partial charge in [-0.3, -0.25) is 13.8 Å². The Labute approximate surface area is 374 Å². The lowest BCUT2D eigenvalue weighted by atomic mass is 10.1. The number of phosphoric acid groups is 1. The number of hydrogen-bond acceptors (Lipinski definition) is 7. The summed E-state index contributed by atoms with van der Waals surface area (Å²) >= 11 is 0.